The summed E-state index contributed by atoms with van der Waals surface area (Å²) in [6, 6.07) is 0. The Hall–Kier alpha value is -1.16. The van der Waals surface area contributed by atoms with Crippen molar-refractivity contribution in [1.82, 2.24) is 4.98 Å². The van der Waals surface area contributed by atoms with Gasteiger partial charge in [-0.3, -0.25) is 10.1 Å². The van der Waals surface area contributed by atoms with Gasteiger partial charge in [0.1, 0.15) is 0 Å². The molecule has 0 saturated heterocycles. The fourth-order valence-electron chi connectivity index (χ4n) is 1.02. The van der Waals surface area contributed by atoms with Crippen LogP contribution in [0.2, 0.25) is 0 Å². The molecular weight excluding hydrogens is 196 g/mol. The number of nitrogens with zero attached hydrogens (tertiary/aromatic N) is 1. The summed E-state index contributed by atoms with van der Waals surface area (Å²) in [5, 5.41) is 3.28. The zero-order valence-corrected chi connectivity index (χ0v) is 9.23. The second kappa shape index (κ2) is 4.91. The molecule has 14 heavy (non-hydrogen) atoms. The first-order valence-electron chi connectivity index (χ1n) is 4.50. The lowest BCUT2D eigenvalue weighted by Gasteiger charge is -1.98. The minimum atomic E-state index is -0.213. The van der Waals surface area contributed by atoms with Crippen LogP contribution in [0, 0.1) is 5.92 Å². The number of thiazole rings is 1. The van der Waals surface area contributed by atoms with Crippen molar-refractivity contribution in [2.75, 3.05) is 5.32 Å². The number of hydrogen-bond donors (Lipinski definition) is 1. The van der Waals surface area contributed by atoms with Gasteiger partial charge in [-0.2, -0.15) is 0 Å². The summed E-state index contributed by atoms with van der Waals surface area (Å²) in [4.78, 5) is 16.2. The summed E-state index contributed by atoms with van der Waals surface area (Å²) >= 11 is 1.51. The van der Waals surface area contributed by atoms with Crippen molar-refractivity contribution < 1.29 is 4.79 Å². The molecule has 0 fully saturated rings. The smallest absolute Gasteiger partial charge is 0.249 e. The Balaban J connectivity index is 2.59. The lowest BCUT2D eigenvalue weighted by molar-refractivity contribution is -0.111. The molecule has 1 amide bonds. The number of amides is 1. The third-order valence-electron chi connectivity index (χ3n) is 1.58. The number of carbonyl (C=O) groups is 1. The van der Waals surface area contributed by atoms with Crippen molar-refractivity contribution in [2.45, 2.75) is 20.3 Å². The van der Waals surface area contributed by atoms with E-state index in [9.17, 15) is 4.79 Å². The molecule has 0 aromatic carbocycles. The van der Waals surface area contributed by atoms with Crippen LogP contribution < -0.4 is 5.32 Å². The van der Waals surface area contributed by atoms with E-state index < -0.39 is 0 Å². The number of rotatable bonds is 4. The Morgan fingerprint density at radius 2 is 2.50 bits per heavy atom. The molecule has 4 heteroatoms. The highest BCUT2D eigenvalue weighted by Gasteiger charge is 2.05. The first kappa shape index (κ1) is 10.9. The average Bonchev–Trinajstić information content (AvgIpc) is 2.51. The Morgan fingerprint density at radius 1 is 1.79 bits per heavy atom. The fraction of sp³-hybridized carbons (Fsp3) is 0.400. The monoisotopic (exact) mass is 210 g/mol. The number of carbonyl (C=O) groups excluding carboxylic acids is 1. The second-order valence-electron chi connectivity index (χ2n) is 3.42. The summed E-state index contributed by atoms with van der Waals surface area (Å²) < 4.78 is 0. The molecule has 0 spiro atoms. The Kier molecular flexibility index (Phi) is 3.83. The van der Waals surface area contributed by atoms with Gasteiger partial charge in [-0.25, -0.2) is 4.98 Å². The maximum Gasteiger partial charge on any atom is 0.249 e. The predicted molar refractivity (Wildman–Crippen MR) is 59.5 cm³/mol. The third-order valence-corrected chi connectivity index (χ3v) is 2.51. The second-order valence-corrected chi connectivity index (χ2v) is 4.54. The maximum atomic E-state index is 11.0. The van der Waals surface area contributed by atoms with Crippen LogP contribution >= 0.6 is 11.3 Å². The van der Waals surface area contributed by atoms with Gasteiger partial charge in [0.25, 0.3) is 0 Å². The van der Waals surface area contributed by atoms with Crippen molar-refractivity contribution in [2.24, 2.45) is 5.92 Å². The Morgan fingerprint density at radius 3 is 3.07 bits per heavy atom. The van der Waals surface area contributed by atoms with Gasteiger partial charge in [0.15, 0.2) is 5.13 Å². The minimum absolute atomic E-state index is 0.213. The van der Waals surface area contributed by atoms with E-state index in [4.69, 9.17) is 0 Å². The summed E-state index contributed by atoms with van der Waals surface area (Å²) in [7, 11) is 0. The largest absolute Gasteiger partial charge is 0.298 e. The Bertz CT molecular complexity index is 331. The van der Waals surface area contributed by atoms with E-state index in [0.29, 0.717) is 11.0 Å². The highest BCUT2D eigenvalue weighted by Crippen LogP contribution is 2.20. The molecule has 1 rings (SSSR count). The highest BCUT2D eigenvalue weighted by atomic mass is 32.1. The molecule has 1 aromatic heterocycles. The van der Waals surface area contributed by atoms with Crippen LogP contribution in [0.1, 0.15) is 18.7 Å². The molecule has 1 N–H and O–H groups in total. The molecule has 3 nitrogen and oxygen atoms in total. The molecule has 0 aliphatic heterocycles. The lowest BCUT2D eigenvalue weighted by Crippen LogP contribution is -2.06. The van der Waals surface area contributed by atoms with Gasteiger partial charge in [0.05, 0.1) is 0 Å². The molecule has 0 radical (unpaired) electrons. The highest BCUT2D eigenvalue weighted by molar-refractivity contribution is 7.15. The molecule has 0 unspecified atom stereocenters. The molecule has 0 aliphatic rings. The zero-order chi connectivity index (χ0) is 10.6. The Labute approximate surface area is 87.9 Å². The van der Waals surface area contributed by atoms with Crippen LogP contribution in [0.25, 0.3) is 0 Å². The van der Waals surface area contributed by atoms with E-state index in [-0.39, 0.29) is 5.91 Å². The van der Waals surface area contributed by atoms with Gasteiger partial charge in [-0.1, -0.05) is 20.4 Å². The molecular formula is C10H14N2OS. The van der Waals surface area contributed by atoms with Gasteiger partial charge >= 0.3 is 0 Å². The van der Waals surface area contributed by atoms with Crippen molar-refractivity contribution in [3.63, 3.8) is 0 Å². The van der Waals surface area contributed by atoms with Crippen LogP contribution in [0.5, 0.6) is 0 Å². The van der Waals surface area contributed by atoms with E-state index in [0.717, 1.165) is 6.42 Å². The number of hydrogen-bond acceptors (Lipinski definition) is 3. The first-order chi connectivity index (χ1) is 6.61. The van der Waals surface area contributed by atoms with Gasteiger partial charge in [0.2, 0.25) is 5.91 Å². The summed E-state index contributed by atoms with van der Waals surface area (Å²) in [5.74, 6) is 0.397. The first-order valence-corrected chi connectivity index (χ1v) is 5.31. The predicted octanol–water partition coefficient (Wildman–Crippen LogP) is 2.47. The zero-order valence-electron chi connectivity index (χ0n) is 8.41. The van der Waals surface area contributed by atoms with Crippen molar-refractivity contribution in [3.05, 3.63) is 23.7 Å². The summed E-state index contributed by atoms with van der Waals surface area (Å²) in [6.45, 7) is 7.69. The third kappa shape index (κ3) is 3.30. The van der Waals surface area contributed by atoms with Crippen LogP contribution in [0.15, 0.2) is 18.9 Å². The van der Waals surface area contributed by atoms with E-state index >= 15 is 0 Å². The summed E-state index contributed by atoms with van der Waals surface area (Å²) in [5.41, 5.74) is 0. The summed E-state index contributed by atoms with van der Waals surface area (Å²) in [6.07, 6.45) is 4.05. The standard InChI is InChI=1S/C10H14N2OS/c1-4-9(13)12-10-11-6-8(14-10)5-7(2)3/h4,6-7H,1,5H2,2-3H3,(H,11,12,13). The molecule has 0 aliphatic carbocycles. The molecule has 76 valence electrons. The normalized spacial score (nSPS) is 10.2. The van der Waals surface area contributed by atoms with Gasteiger partial charge in [0, 0.05) is 11.1 Å². The molecule has 0 atom stereocenters. The van der Waals surface area contributed by atoms with Crippen molar-refractivity contribution >= 4 is 22.4 Å². The fourth-order valence-corrected chi connectivity index (χ4v) is 2.05. The molecule has 0 saturated carbocycles. The van der Waals surface area contributed by atoms with Crippen LogP contribution in [0.3, 0.4) is 0 Å². The van der Waals surface area contributed by atoms with Gasteiger partial charge in [-0.05, 0) is 18.4 Å². The SMILES string of the molecule is C=CC(=O)Nc1ncc(CC(C)C)s1. The molecule has 1 aromatic rings. The number of aromatic nitrogens is 1. The van der Waals surface area contributed by atoms with Gasteiger partial charge < -0.3 is 0 Å². The van der Waals surface area contributed by atoms with Crippen LogP contribution in [0.4, 0.5) is 5.13 Å². The van der Waals surface area contributed by atoms with E-state index in [1.165, 1.54) is 22.3 Å². The van der Waals surface area contributed by atoms with E-state index in [1.54, 1.807) is 0 Å². The van der Waals surface area contributed by atoms with Gasteiger partial charge in [-0.15, -0.1) is 11.3 Å². The maximum absolute atomic E-state index is 11.0. The molecule has 0 bridgehead atoms. The van der Waals surface area contributed by atoms with E-state index in [2.05, 4.69) is 30.7 Å². The van der Waals surface area contributed by atoms with Crippen LogP contribution in [-0.4, -0.2) is 10.9 Å². The van der Waals surface area contributed by atoms with Crippen molar-refractivity contribution in [1.29, 1.82) is 0 Å². The number of nitrogens with one attached hydrogen (secondary N) is 1. The number of anilines is 1. The molecule has 1 heterocycles. The average molecular weight is 210 g/mol. The lowest BCUT2D eigenvalue weighted by atomic mass is 10.1. The minimum Gasteiger partial charge on any atom is -0.298 e. The van der Waals surface area contributed by atoms with Crippen LogP contribution in [-0.2, 0) is 11.2 Å². The van der Waals surface area contributed by atoms with Crippen molar-refractivity contribution in [3.8, 4) is 0 Å². The quantitative estimate of drug-likeness (QED) is 0.776. The topological polar surface area (TPSA) is 42.0 Å². The van der Waals surface area contributed by atoms with E-state index in [1.807, 2.05) is 6.20 Å².